The number of thioether (sulfide) groups is 1. The Morgan fingerprint density at radius 3 is 2.89 bits per heavy atom. The Balaban J connectivity index is 2.01. The molecular weight excluding hydrogens is 266 g/mol. The molecule has 0 bridgehead atoms. The van der Waals surface area contributed by atoms with Gasteiger partial charge in [0.1, 0.15) is 6.10 Å². The van der Waals surface area contributed by atoms with Crippen LogP contribution in [-0.2, 0) is 0 Å². The maximum atomic E-state index is 9.99. The van der Waals surface area contributed by atoms with E-state index in [0.29, 0.717) is 17.0 Å². The molecule has 1 unspecified atom stereocenters. The van der Waals surface area contributed by atoms with Gasteiger partial charge in [0.05, 0.1) is 5.69 Å². The second-order valence-electron chi connectivity index (χ2n) is 3.80. The molecule has 1 heterocycles. The van der Waals surface area contributed by atoms with Gasteiger partial charge in [0.25, 0.3) is 0 Å². The fourth-order valence-electron chi connectivity index (χ4n) is 1.63. The Morgan fingerprint density at radius 1 is 1.44 bits per heavy atom. The number of para-hydroxylation sites is 1. The standard InChI is InChI=1S/C12H15N3OS2/c1-18-11-5-3-2-4-8(11)13-7-10(16)9-6-14-12(17)15-9/h2-6,10,13,16H,7H2,1H3,(H2,14,15,17). The van der Waals surface area contributed by atoms with Crippen LogP contribution in [0.1, 0.15) is 11.8 Å². The van der Waals surface area contributed by atoms with E-state index in [1.807, 2.05) is 30.5 Å². The van der Waals surface area contributed by atoms with E-state index in [0.717, 1.165) is 10.6 Å². The third kappa shape index (κ3) is 3.16. The molecule has 0 aliphatic carbocycles. The third-order valence-electron chi connectivity index (χ3n) is 2.57. The minimum atomic E-state index is -0.618. The van der Waals surface area contributed by atoms with E-state index in [-0.39, 0.29) is 0 Å². The van der Waals surface area contributed by atoms with Crippen molar-refractivity contribution >= 4 is 29.7 Å². The Labute approximate surface area is 115 Å². The van der Waals surface area contributed by atoms with Crippen molar-refractivity contribution in [3.05, 3.63) is 40.9 Å². The molecule has 0 saturated heterocycles. The van der Waals surface area contributed by atoms with Gasteiger partial charge in [0.15, 0.2) is 4.77 Å². The fraction of sp³-hybridized carbons (Fsp3) is 0.250. The number of H-pyrrole nitrogens is 2. The molecule has 18 heavy (non-hydrogen) atoms. The minimum Gasteiger partial charge on any atom is -0.385 e. The highest BCUT2D eigenvalue weighted by Crippen LogP contribution is 2.25. The molecule has 0 fully saturated rings. The number of benzene rings is 1. The lowest BCUT2D eigenvalue weighted by atomic mass is 10.2. The molecule has 1 atom stereocenters. The van der Waals surface area contributed by atoms with Gasteiger partial charge in [0.2, 0.25) is 0 Å². The van der Waals surface area contributed by atoms with Gasteiger partial charge < -0.3 is 20.4 Å². The molecule has 0 aliphatic rings. The van der Waals surface area contributed by atoms with Crippen LogP contribution in [0, 0.1) is 4.77 Å². The van der Waals surface area contributed by atoms with Gasteiger partial charge in [-0.05, 0) is 30.6 Å². The van der Waals surface area contributed by atoms with Crippen LogP contribution < -0.4 is 5.32 Å². The van der Waals surface area contributed by atoms with Crippen molar-refractivity contribution in [2.45, 2.75) is 11.0 Å². The summed E-state index contributed by atoms with van der Waals surface area (Å²) < 4.78 is 0.522. The summed E-state index contributed by atoms with van der Waals surface area (Å²) in [5, 5.41) is 13.2. The van der Waals surface area contributed by atoms with Gasteiger partial charge >= 0.3 is 0 Å². The monoisotopic (exact) mass is 281 g/mol. The van der Waals surface area contributed by atoms with Crippen molar-refractivity contribution in [2.75, 3.05) is 18.1 Å². The number of aliphatic hydroxyl groups excluding tert-OH is 1. The molecule has 0 spiro atoms. The molecule has 4 N–H and O–H groups in total. The molecule has 6 heteroatoms. The molecular formula is C12H15N3OS2. The molecule has 0 amide bonds. The van der Waals surface area contributed by atoms with E-state index in [9.17, 15) is 5.11 Å². The number of aromatic nitrogens is 2. The Kier molecular flexibility index (Phi) is 4.46. The summed E-state index contributed by atoms with van der Waals surface area (Å²) >= 11 is 6.60. The normalized spacial score (nSPS) is 12.3. The number of rotatable bonds is 5. The highest BCUT2D eigenvalue weighted by Gasteiger charge is 2.09. The SMILES string of the molecule is CSc1ccccc1NCC(O)c1c[nH]c(=S)[nH]1. The summed E-state index contributed by atoms with van der Waals surface area (Å²) in [5.74, 6) is 0. The molecule has 0 radical (unpaired) electrons. The third-order valence-corrected chi connectivity index (χ3v) is 3.58. The number of aromatic amines is 2. The second kappa shape index (κ2) is 6.08. The molecule has 1 aromatic carbocycles. The largest absolute Gasteiger partial charge is 0.385 e. The number of nitrogens with one attached hydrogen (secondary N) is 3. The van der Waals surface area contributed by atoms with E-state index >= 15 is 0 Å². The van der Waals surface area contributed by atoms with Crippen molar-refractivity contribution in [3.63, 3.8) is 0 Å². The van der Waals surface area contributed by atoms with E-state index < -0.39 is 6.10 Å². The Morgan fingerprint density at radius 2 is 2.22 bits per heavy atom. The van der Waals surface area contributed by atoms with E-state index in [2.05, 4.69) is 15.3 Å². The van der Waals surface area contributed by atoms with Gasteiger partial charge in [-0.3, -0.25) is 0 Å². The Bertz CT molecular complexity index is 564. The van der Waals surface area contributed by atoms with Crippen LogP contribution in [0.4, 0.5) is 5.69 Å². The summed E-state index contributed by atoms with van der Waals surface area (Å²) in [4.78, 5) is 6.90. The highest BCUT2D eigenvalue weighted by atomic mass is 32.2. The topological polar surface area (TPSA) is 63.8 Å². The molecule has 2 rings (SSSR count). The molecule has 2 aromatic rings. The van der Waals surface area contributed by atoms with E-state index in [4.69, 9.17) is 12.2 Å². The molecule has 0 aliphatic heterocycles. The van der Waals surface area contributed by atoms with Gasteiger partial charge in [0, 0.05) is 23.3 Å². The van der Waals surface area contributed by atoms with Crippen LogP contribution in [0.15, 0.2) is 35.4 Å². The highest BCUT2D eigenvalue weighted by molar-refractivity contribution is 7.98. The zero-order chi connectivity index (χ0) is 13.0. The molecule has 1 aromatic heterocycles. The Hall–Kier alpha value is -1.24. The quantitative estimate of drug-likeness (QED) is 0.502. The predicted molar refractivity (Wildman–Crippen MR) is 77.6 cm³/mol. The average Bonchev–Trinajstić information content (AvgIpc) is 2.83. The van der Waals surface area contributed by atoms with Crippen LogP contribution in [0.2, 0.25) is 0 Å². The van der Waals surface area contributed by atoms with Crippen molar-refractivity contribution in [1.82, 2.24) is 9.97 Å². The fourth-order valence-corrected chi connectivity index (χ4v) is 2.38. The van der Waals surface area contributed by atoms with E-state index in [1.54, 1.807) is 18.0 Å². The van der Waals surface area contributed by atoms with Crippen LogP contribution in [0.3, 0.4) is 0 Å². The van der Waals surface area contributed by atoms with Crippen LogP contribution in [-0.4, -0.2) is 27.9 Å². The van der Waals surface area contributed by atoms with Gasteiger partial charge in [-0.1, -0.05) is 12.1 Å². The average molecular weight is 281 g/mol. The maximum Gasteiger partial charge on any atom is 0.174 e. The van der Waals surface area contributed by atoms with Crippen molar-refractivity contribution in [3.8, 4) is 0 Å². The number of imidazole rings is 1. The minimum absolute atomic E-state index is 0.431. The lowest BCUT2D eigenvalue weighted by molar-refractivity contribution is 0.187. The predicted octanol–water partition coefficient (Wildman–Crippen LogP) is 2.94. The lowest BCUT2D eigenvalue weighted by Crippen LogP contribution is -2.12. The first-order chi connectivity index (χ1) is 8.70. The van der Waals surface area contributed by atoms with Crippen molar-refractivity contribution < 1.29 is 5.11 Å². The number of anilines is 1. The first-order valence-corrected chi connectivity index (χ1v) is 7.16. The number of hydrogen-bond donors (Lipinski definition) is 4. The summed E-state index contributed by atoms with van der Waals surface area (Å²) in [6.07, 6.45) is 3.10. The first-order valence-electron chi connectivity index (χ1n) is 5.53. The molecule has 0 saturated carbocycles. The first kappa shape index (κ1) is 13.2. The lowest BCUT2D eigenvalue weighted by Gasteiger charge is -2.13. The molecule has 96 valence electrons. The second-order valence-corrected chi connectivity index (χ2v) is 5.05. The number of aliphatic hydroxyl groups is 1. The zero-order valence-corrected chi connectivity index (χ0v) is 11.6. The maximum absolute atomic E-state index is 9.99. The van der Waals surface area contributed by atoms with Crippen LogP contribution >= 0.6 is 24.0 Å². The molecule has 4 nitrogen and oxygen atoms in total. The van der Waals surface area contributed by atoms with E-state index in [1.165, 1.54) is 0 Å². The smallest absolute Gasteiger partial charge is 0.174 e. The van der Waals surface area contributed by atoms with Gasteiger partial charge in [-0.25, -0.2) is 0 Å². The summed E-state index contributed by atoms with van der Waals surface area (Å²) in [6, 6.07) is 8.01. The van der Waals surface area contributed by atoms with Crippen molar-refractivity contribution in [2.24, 2.45) is 0 Å². The van der Waals surface area contributed by atoms with Crippen LogP contribution in [0.5, 0.6) is 0 Å². The zero-order valence-electron chi connectivity index (χ0n) is 9.93. The number of hydrogen-bond acceptors (Lipinski definition) is 4. The van der Waals surface area contributed by atoms with Crippen LogP contribution in [0.25, 0.3) is 0 Å². The summed E-state index contributed by atoms with van der Waals surface area (Å²) in [7, 11) is 0. The van der Waals surface area contributed by atoms with Gasteiger partial charge in [-0.2, -0.15) is 0 Å². The van der Waals surface area contributed by atoms with Gasteiger partial charge in [-0.15, -0.1) is 11.8 Å². The summed E-state index contributed by atoms with van der Waals surface area (Å²) in [6.45, 7) is 0.431. The van der Waals surface area contributed by atoms with Crippen molar-refractivity contribution in [1.29, 1.82) is 0 Å². The summed E-state index contributed by atoms with van der Waals surface area (Å²) in [5.41, 5.74) is 1.72.